The Hall–Kier alpha value is 0.491. The van der Waals surface area contributed by atoms with E-state index >= 15 is 0 Å². The molecule has 0 aromatic carbocycles. The molecule has 0 amide bonds. The summed E-state index contributed by atoms with van der Waals surface area (Å²) in [6.45, 7) is 19.2. The highest BCUT2D eigenvalue weighted by atomic mass is 28.4. The van der Waals surface area contributed by atoms with Gasteiger partial charge in [-0.15, -0.1) is 0 Å². The third-order valence-electron chi connectivity index (χ3n) is 2.99. The van der Waals surface area contributed by atoms with E-state index in [9.17, 15) is 0 Å². The van der Waals surface area contributed by atoms with Gasteiger partial charge in [0.05, 0.1) is 0 Å². The maximum absolute atomic E-state index is 6.27. The Labute approximate surface area is 129 Å². The smallest absolute Gasteiger partial charge is 0.458 e. The molecular formula is C13H34O4Si3. The van der Waals surface area contributed by atoms with Gasteiger partial charge >= 0.3 is 8.80 Å². The van der Waals surface area contributed by atoms with Gasteiger partial charge in [0.15, 0.2) is 17.4 Å². The first kappa shape index (κ1) is 20.5. The fraction of sp³-hybridized carbons (Fsp3) is 1.00. The normalized spacial score (nSPS) is 14.8. The molecule has 7 heteroatoms. The van der Waals surface area contributed by atoms with Crippen molar-refractivity contribution in [1.82, 2.24) is 0 Å². The lowest BCUT2D eigenvalue weighted by Gasteiger charge is -2.37. The van der Waals surface area contributed by atoms with Crippen LogP contribution in [0.3, 0.4) is 0 Å². The summed E-state index contributed by atoms with van der Waals surface area (Å²) < 4.78 is 24.3. The zero-order chi connectivity index (χ0) is 15.8. The van der Waals surface area contributed by atoms with Crippen molar-refractivity contribution in [2.24, 2.45) is 0 Å². The van der Waals surface area contributed by atoms with Crippen molar-refractivity contribution in [2.75, 3.05) is 19.8 Å². The molecule has 0 fully saturated rings. The minimum Gasteiger partial charge on any atom is -0.458 e. The molecule has 0 radical (unpaired) electrons. The molecular weight excluding hydrogens is 304 g/mol. The molecule has 0 spiro atoms. The Morgan fingerprint density at radius 2 is 1.30 bits per heavy atom. The lowest BCUT2D eigenvalue weighted by atomic mass is 10.6. The molecule has 0 aliphatic heterocycles. The highest BCUT2D eigenvalue weighted by molar-refractivity contribution is 6.79. The molecule has 1 unspecified atom stereocenters. The molecule has 0 aromatic rings. The first-order valence-electron chi connectivity index (χ1n) is 7.82. The van der Waals surface area contributed by atoms with Crippen LogP contribution < -0.4 is 0 Å². The van der Waals surface area contributed by atoms with Crippen LogP contribution in [0, 0.1) is 0 Å². The van der Waals surface area contributed by atoms with Crippen LogP contribution in [0.25, 0.3) is 0 Å². The summed E-state index contributed by atoms with van der Waals surface area (Å²) in [7, 11) is -5.26. The van der Waals surface area contributed by atoms with Crippen LogP contribution in [-0.2, 0) is 17.4 Å². The van der Waals surface area contributed by atoms with Gasteiger partial charge in [-0.25, -0.2) is 0 Å². The number of hydrogen-bond donors (Lipinski definition) is 0. The third kappa shape index (κ3) is 6.97. The van der Waals surface area contributed by atoms with Crippen LogP contribution in [0.2, 0.25) is 37.8 Å². The van der Waals surface area contributed by atoms with E-state index in [0.717, 1.165) is 6.04 Å². The molecule has 0 aliphatic carbocycles. The van der Waals surface area contributed by atoms with Crippen molar-refractivity contribution >= 4 is 26.2 Å². The van der Waals surface area contributed by atoms with E-state index in [0.29, 0.717) is 19.8 Å². The van der Waals surface area contributed by atoms with E-state index in [1.807, 2.05) is 20.8 Å². The first-order valence-corrected chi connectivity index (χ1v) is 15.5. The van der Waals surface area contributed by atoms with Crippen LogP contribution in [-0.4, -0.2) is 46.0 Å². The molecule has 0 N–H and O–H groups in total. The van der Waals surface area contributed by atoms with Crippen LogP contribution in [0.5, 0.6) is 0 Å². The van der Waals surface area contributed by atoms with Gasteiger partial charge in [-0.2, -0.15) is 0 Å². The molecule has 0 aromatic heterocycles. The summed E-state index contributed by atoms with van der Waals surface area (Å²) in [5.74, 6) is 0. The van der Waals surface area contributed by atoms with Gasteiger partial charge in [-0.05, 0) is 53.0 Å². The zero-order valence-electron chi connectivity index (χ0n) is 14.6. The largest absolute Gasteiger partial charge is 0.503 e. The molecule has 0 aliphatic rings. The third-order valence-corrected chi connectivity index (χ3v) is 12.9. The average molecular weight is 339 g/mol. The van der Waals surface area contributed by atoms with Crippen LogP contribution in [0.15, 0.2) is 0 Å². The minimum absolute atomic E-state index is 0.289. The quantitative estimate of drug-likeness (QED) is 0.539. The number of hydrogen-bond acceptors (Lipinski definition) is 4. The van der Waals surface area contributed by atoms with Crippen molar-refractivity contribution < 1.29 is 17.4 Å². The van der Waals surface area contributed by atoms with Crippen molar-refractivity contribution in [2.45, 2.75) is 65.5 Å². The summed E-state index contributed by atoms with van der Waals surface area (Å²) in [5, 5.41) is 0. The molecule has 0 heterocycles. The van der Waals surface area contributed by atoms with Crippen molar-refractivity contribution in [3.8, 4) is 0 Å². The molecule has 1 atom stereocenters. The van der Waals surface area contributed by atoms with Crippen molar-refractivity contribution in [1.29, 1.82) is 0 Å². The lowest BCUT2D eigenvalue weighted by molar-refractivity contribution is 0.0638. The summed E-state index contributed by atoms with van der Waals surface area (Å²) in [6.07, 6.45) is 0. The van der Waals surface area contributed by atoms with E-state index in [4.69, 9.17) is 17.4 Å². The molecule has 20 heavy (non-hydrogen) atoms. The highest BCUT2D eigenvalue weighted by Crippen LogP contribution is 2.34. The summed E-state index contributed by atoms with van der Waals surface area (Å²) in [4.78, 5) is 0. The van der Waals surface area contributed by atoms with Gasteiger partial charge in [0.2, 0.25) is 0 Å². The lowest BCUT2D eigenvalue weighted by Crippen LogP contribution is -2.52. The SMILES string of the molecule is CCO[Si](OCC)(OCC)C(C)C[Si](C)(C)O[SiH](C)C. The van der Waals surface area contributed by atoms with Crippen LogP contribution in [0.1, 0.15) is 27.7 Å². The average Bonchev–Trinajstić information content (AvgIpc) is 2.27. The molecule has 122 valence electrons. The Morgan fingerprint density at radius 1 is 0.900 bits per heavy atom. The second kappa shape index (κ2) is 9.50. The summed E-state index contributed by atoms with van der Waals surface area (Å²) in [6, 6.07) is 1.03. The minimum atomic E-state index is -2.59. The topological polar surface area (TPSA) is 36.9 Å². The maximum Gasteiger partial charge on any atom is 0.503 e. The van der Waals surface area contributed by atoms with E-state index in [-0.39, 0.29) is 5.54 Å². The molecule has 0 bridgehead atoms. The second-order valence-electron chi connectivity index (χ2n) is 5.93. The van der Waals surface area contributed by atoms with Gasteiger partial charge in [0.1, 0.15) is 0 Å². The Kier molecular flexibility index (Phi) is 9.73. The van der Waals surface area contributed by atoms with E-state index in [1.54, 1.807) is 0 Å². The zero-order valence-corrected chi connectivity index (χ0v) is 17.8. The van der Waals surface area contributed by atoms with Gasteiger partial charge in [-0.3, -0.25) is 0 Å². The van der Waals surface area contributed by atoms with E-state index < -0.39 is 26.2 Å². The molecule has 4 nitrogen and oxygen atoms in total. The maximum atomic E-state index is 6.27. The fourth-order valence-corrected chi connectivity index (χ4v) is 14.5. The molecule has 0 rings (SSSR count). The fourth-order valence-electron chi connectivity index (χ4n) is 2.70. The first-order chi connectivity index (χ1) is 9.23. The van der Waals surface area contributed by atoms with Gasteiger partial charge in [0.25, 0.3) is 0 Å². The molecule has 0 saturated carbocycles. The standard InChI is InChI=1S/C13H34O4Si3/c1-9-14-20(15-10-2,16-11-3)13(4)12-19(7,8)17-18(5)6/h13,18H,9-12H2,1-8H3. The second-order valence-corrected chi connectivity index (χ2v) is 16.0. The monoisotopic (exact) mass is 338 g/mol. The highest BCUT2D eigenvalue weighted by Gasteiger charge is 2.49. The van der Waals surface area contributed by atoms with Crippen LogP contribution >= 0.6 is 0 Å². The summed E-state index contributed by atoms with van der Waals surface area (Å²) >= 11 is 0. The Bertz CT molecular complexity index is 245. The number of rotatable bonds is 11. The van der Waals surface area contributed by atoms with Crippen molar-refractivity contribution in [3.05, 3.63) is 0 Å². The van der Waals surface area contributed by atoms with Gasteiger partial charge < -0.3 is 17.4 Å². The van der Waals surface area contributed by atoms with Gasteiger partial charge in [-0.1, -0.05) is 6.92 Å². The Morgan fingerprint density at radius 3 is 1.60 bits per heavy atom. The van der Waals surface area contributed by atoms with Crippen LogP contribution in [0.4, 0.5) is 0 Å². The predicted octanol–water partition coefficient (Wildman–Crippen LogP) is 3.63. The van der Waals surface area contributed by atoms with Crippen molar-refractivity contribution in [3.63, 3.8) is 0 Å². The van der Waals surface area contributed by atoms with E-state index in [2.05, 4.69) is 33.1 Å². The summed E-state index contributed by atoms with van der Waals surface area (Å²) in [5.41, 5.74) is 0.289. The van der Waals surface area contributed by atoms with Gasteiger partial charge in [0, 0.05) is 25.4 Å². The predicted molar refractivity (Wildman–Crippen MR) is 92.3 cm³/mol. The molecule has 0 saturated heterocycles. The Balaban J connectivity index is 4.96. The van der Waals surface area contributed by atoms with E-state index in [1.165, 1.54) is 0 Å².